The maximum Gasteiger partial charge on any atom is 0.472 e. The SMILES string of the molecule is CCCCCCCCCCCCCCCCCCCCCCCC/C=C/C(O)C(COP(=O)(O)OCC[N+](C)(C)C)NC(=O)CCCCCCCCCCCC. The van der Waals surface area contributed by atoms with E-state index < -0.39 is 20.0 Å². The van der Waals surface area contributed by atoms with Gasteiger partial charge in [-0.1, -0.05) is 219 Å². The van der Waals surface area contributed by atoms with Crippen LogP contribution in [0.4, 0.5) is 0 Å². The number of phosphoric acid groups is 1. The van der Waals surface area contributed by atoms with Gasteiger partial charge in [-0.3, -0.25) is 13.8 Å². The number of carbonyl (C=O) groups excluding carboxylic acids is 1. The van der Waals surface area contributed by atoms with Crippen LogP contribution in [0, 0.1) is 0 Å². The third kappa shape index (κ3) is 41.4. The van der Waals surface area contributed by atoms with Crippen LogP contribution in [0.25, 0.3) is 0 Å². The minimum absolute atomic E-state index is 0.0645. The molecule has 0 aromatic carbocycles. The van der Waals surface area contributed by atoms with E-state index >= 15 is 0 Å². The Labute approximate surface area is 348 Å². The van der Waals surface area contributed by atoms with Crippen LogP contribution >= 0.6 is 7.82 Å². The number of allylic oxidation sites excluding steroid dienone is 1. The molecule has 0 aliphatic carbocycles. The summed E-state index contributed by atoms with van der Waals surface area (Å²) in [5.41, 5.74) is 0. The number of nitrogens with zero attached hydrogens (tertiary/aromatic N) is 1. The molecule has 0 spiro atoms. The summed E-state index contributed by atoms with van der Waals surface area (Å²) in [5, 5.41) is 13.8. The van der Waals surface area contributed by atoms with Crippen LogP contribution < -0.4 is 5.32 Å². The molecule has 0 radical (unpaired) electrons. The first-order valence-electron chi connectivity index (χ1n) is 24.1. The Morgan fingerprint density at radius 3 is 1.32 bits per heavy atom. The molecule has 0 saturated heterocycles. The average Bonchev–Trinajstić information content (AvgIpc) is 3.15. The highest BCUT2D eigenvalue weighted by Gasteiger charge is 2.27. The summed E-state index contributed by atoms with van der Waals surface area (Å²) in [6.45, 7) is 4.82. The van der Waals surface area contributed by atoms with E-state index in [0.717, 1.165) is 32.1 Å². The number of quaternary nitrogens is 1. The van der Waals surface area contributed by atoms with Gasteiger partial charge in [-0.15, -0.1) is 0 Å². The Kier molecular flexibility index (Phi) is 39.1. The van der Waals surface area contributed by atoms with E-state index in [2.05, 4.69) is 19.2 Å². The van der Waals surface area contributed by atoms with Crippen molar-refractivity contribution in [1.29, 1.82) is 0 Å². The molecular weight excluding hydrogens is 719 g/mol. The molecule has 9 heteroatoms. The molecule has 0 rings (SSSR count). The highest BCUT2D eigenvalue weighted by Crippen LogP contribution is 2.43. The largest absolute Gasteiger partial charge is 0.472 e. The second-order valence-corrected chi connectivity index (χ2v) is 19.3. The summed E-state index contributed by atoms with van der Waals surface area (Å²) in [6.07, 6.45) is 45.8. The summed E-state index contributed by atoms with van der Waals surface area (Å²) >= 11 is 0. The molecule has 56 heavy (non-hydrogen) atoms. The molecular formula is C47H96N2O6P+. The smallest absolute Gasteiger partial charge is 0.387 e. The van der Waals surface area contributed by atoms with Crippen molar-refractivity contribution in [1.82, 2.24) is 5.32 Å². The van der Waals surface area contributed by atoms with Gasteiger partial charge in [-0.2, -0.15) is 0 Å². The van der Waals surface area contributed by atoms with Crippen LogP contribution in [-0.4, -0.2) is 73.4 Å². The van der Waals surface area contributed by atoms with Crippen molar-refractivity contribution in [2.24, 2.45) is 0 Å². The molecule has 334 valence electrons. The molecule has 3 unspecified atom stereocenters. The molecule has 3 atom stereocenters. The van der Waals surface area contributed by atoms with Crippen molar-refractivity contribution < 1.29 is 32.9 Å². The molecule has 0 heterocycles. The van der Waals surface area contributed by atoms with Crippen molar-refractivity contribution >= 4 is 13.7 Å². The Hall–Kier alpha value is -0.760. The van der Waals surface area contributed by atoms with Gasteiger partial charge in [-0.05, 0) is 19.3 Å². The molecule has 0 fully saturated rings. The number of phosphoric ester groups is 1. The molecule has 8 nitrogen and oxygen atoms in total. The van der Waals surface area contributed by atoms with Crippen molar-refractivity contribution in [3.8, 4) is 0 Å². The van der Waals surface area contributed by atoms with Crippen LogP contribution in [0.5, 0.6) is 0 Å². The fourth-order valence-corrected chi connectivity index (χ4v) is 7.90. The average molecular weight is 816 g/mol. The third-order valence-electron chi connectivity index (χ3n) is 11.0. The van der Waals surface area contributed by atoms with Crippen molar-refractivity contribution in [2.75, 3.05) is 40.9 Å². The molecule has 0 aliphatic rings. The monoisotopic (exact) mass is 816 g/mol. The van der Waals surface area contributed by atoms with Gasteiger partial charge in [0.1, 0.15) is 13.2 Å². The lowest BCUT2D eigenvalue weighted by Crippen LogP contribution is -2.45. The number of unbranched alkanes of at least 4 members (excludes halogenated alkanes) is 31. The zero-order valence-electron chi connectivity index (χ0n) is 37.9. The Bertz CT molecular complexity index is 927. The molecule has 0 aromatic heterocycles. The number of hydrogen-bond acceptors (Lipinski definition) is 5. The quantitative estimate of drug-likeness (QED) is 0.0245. The summed E-state index contributed by atoms with van der Waals surface area (Å²) in [7, 11) is 1.58. The molecule has 3 N–H and O–H groups in total. The predicted molar refractivity (Wildman–Crippen MR) is 240 cm³/mol. The summed E-state index contributed by atoms with van der Waals surface area (Å²) in [4.78, 5) is 23.1. The number of hydrogen-bond donors (Lipinski definition) is 3. The fourth-order valence-electron chi connectivity index (χ4n) is 7.16. The predicted octanol–water partition coefficient (Wildman–Crippen LogP) is 13.5. The maximum absolute atomic E-state index is 12.8. The third-order valence-corrected chi connectivity index (χ3v) is 12.0. The Morgan fingerprint density at radius 1 is 0.589 bits per heavy atom. The lowest BCUT2D eigenvalue weighted by molar-refractivity contribution is -0.870. The standard InChI is InChI=1S/C47H95N2O6P/c1-6-8-10-12-14-16-18-19-20-21-22-23-24-25-26-27-28-29-30-31-32-34-36-38-40-46(50)45(44-55-56(52,53)54-43-42-49(3,4)5)48-47(51)41-39-37-35-33-17-15-13-11-9-7-2/h38,40,45-46,50H,6-37,39,41-44H2,1-5H3,(H-,48,51,52,53)/p+1/b40-38+. The van der Waals surface area contributed by atoms with E-state index in [4.69, 9.17) is 9.05 Å². The van der Waals surface area contributed by atoms with Gasteiger partial charge >= 0.3 is 7.82 Å². The van der Waals surface area contributed by atoms with Gasteiger partial charge in [0.15, 0.2) is 0 Å². The van der Waals surface area contributed by atoms with E-state index in [9.17, 15) is 19.4 Å². The van der Waals surface area contributed by atoms with Gasteiger partial charge in [0.05, 0.1) is 39.9 Å². The Morgan fingerprint density at radius 2 is 0.946 bits per heavy atom. The minimum Gasteiger partial charge on any atom is -0.387 e. The number of aliphatic hydroxyl groups excluding tert-OH is 1. The highest BCUT2D eigenvalue weighted by atomic mass is 31.2. The summed E-state index contributed by atoms with van der Waals surface area (Å²) in [5.74, 6) is -0.177. The minimum atomic E-state index is -4.33. The zero-order valence-corrected chi connectivity index (χ0v) is 38.8. The molecule has 0 bridgehead atoms. The summed E-state index contributed by atoms with van der Waals surface area (Å²) in [6, 6.07) is -0.839. The first-order valence-corrected chi connectivity index (χ1v) is 25.6. The Balaban J connectivity index is 4.20. The van der Waals surface area contributed by atoms with Gasteiger partial charge in [-0.25, -0.2) is 4.57 Å². The molecule has 0 aromatic rings. The lowest BCUT2D eigenvalue weighted by atomic mass is 10.0. The molecule has 0 aliphatic heterocycles. The van der Waals surface area contributed by atoms with Crippen molar-refractivity contribution in [3.05, 3.63) is 12.2 Å². The normalized spacial score (nSPS) is 14.3. The topological polar surface area (TPSA) is 105 Å². The van der Waals surface area contributed by atoms with E-state index in [0.29, 0.717) is 17.4 Å². The second kappa shape index (κ2) is 39.7. The van der Waals surface area contributed by atoms with Crippen LogP contribution in [0.1, 0.15) is 232 Å². The zero-order chi connectivity index (χ0) is 41.4. The summed E-state index contributed by atoms with van der Waals surface area (Å²) < 4.78 is 23.6. The van der Waals surface area contributed by atoms with Crippen molar-refractivity contribution in [3.63, 3.8) is 0 Å². The van der Waals surface area contributed by atoms with E-state index in [1.54, 1.807) is 6.08 Å². The number of nitrogens with one attached hydrogen (secondary N) is 1. The van der Waals surface area contributed by atoms with E-state index in [1.165, 1.54) is 180 Å². The number of carbonyl (C=O) groups is 1. The number of rotatable bonds is 44. The molecule has 1 amide bonds. The van der Waals surface area contributed by atoms with E-state index in [1.807, 2.05) is 27.2 Å². The van der Waals surface area contributed by atoms with Gasteiger partial charge in [0, 0.05) is 6.42 Å². The number of amides is 1. The second-order valence-electron chi connectivity index (χ2n) is 17.8. The van der Waals surface area contributed by atoms with Crippen LogP contribution in [-0.2, 0) is 18.4 Å². The van der Waals surface area contributed by atoms with Gasteiger partial charge < -0.3 is 19.8 Å². The first-order chi connectivity index (χ1) is 27.0. The molecule has 0 saturated carbocycles. The number of likely N-dealkylation sites (N-methyl/N-ethyl adjacent to an activating group) is 1. The fraction of sp³-hybridized carbons (Fsp3) is 0.936. The van der Waals surface area contributed by atoms with Gasteiger partial charge in [0.25, 0.3) is 0 Å². The van der Waals surface area contributed by atoms with Crippen molar-refractivity contribution in [2.45, 2.75) is 244 Å². The van der Waals surface area contributed by atoms with Crippen LogP contribution in [0.15, 0.2) is 12.2 Å². The van der Waals surface area contributed by atoms with Crippen LogP contribution in [0.3, 0.4) is 0 Å². The van der Waals surface area contributed by atoms with E-state index in [-0.39, 0.29) is 19.1 Å². The highest BCUT2D eigenvalue weighted by molar-refractivity contribution is 7.47. The van der Waals surface area contributed by atoms with Gasteiger partial charge in [0.2, 0.25) is 5.91 Å². The number of aliphatic hydroxyl groups is 1. The lowest BCUT2D eigenvalue weighted by Gasteiger charge is -2.25. The maximum atomic E-state index is 12.8. The first kappa shape index (κ1) is 55.2. The van der Waals surface area contributed by atoms with Crippen LogP contribution in [0.2, 0.25) is 0 Å².